The first-order valence-corrected chi connectivity index (χ1v) is 22.1. The van der Waals surface area contributed by atoms with E-state index in [1.54, 1.807) is 19.1 Å². The van der Waals surface area contributed by atoms with E-state index in [-0.39, 0.29) is 28.1 Å². The molecule has 0 radical (unpaired) electrons. The molecule has 2 bridgehead atoms. The SMILES string of the molecule is CC.CON(C)C(=O)/C=C/C=C(\C)[C@@H]1C/C=C/C=C/CC(C)C(O)[C@@H](CCC(C)I)C(=O)NC(C(C)C)C(=O)NC(Cc2ccccc2)C(=O)N2CCCC(N2)C(=O)O1. The molecule has 2 aliphatic heterocycles. The van der Waals surface area contributed by atoms with Gasteiger partial charge >= 0.3 is 5.97 Å². The van der Waals surface area contributed by atoms with Gasteiger partial charge in [0, 0.05) is 36.4 Å². The average Bonchev–Trinajstić information content (AvgIpc) is 3.22. The van der Waals surface area contributed by atoms with Gasteiger partial charge in [-0.15, -0.1) is 0 Å². The number of allylic oxidation sites excluding steroid dienone is 5. The molecule has 0 spiro atoms. The van der Waals surface area contributed by atoms with E-state index in [1.807, 2.05) is 89.3 Å². The first kappa shape index (κ1) is 51.3. The number of carbonyl (C=O) groups excluding carboxylic acids is 5. The molecule has 3 rings (SSSR count). The van der Waals surface area contributed by atoms with Gasteiger partial charge in [-0.2, -0.15) is 0 Å². The molecule has 328 valence electrons. The number of cyclic esters (lactones) is 1. The standard InChI is InChI=1S/C43H62IN5O8.C2H6/c1-28(2)38-41(53)45-35(27-32-19-12-10-13-20-32)42(54)49-26-16-21-34(47-49)43(55)57-36(29(3)18-15-23-37(50)48(6)56-7)22-14-9-8-11-17-30(4)39(51)33(40(52)46-38)25-24-31(5)44;1-2/h8-15,18-20,23,28,30-31,33-36,38-39,47,51H,16-17,21-22,24-27H2,1-7H3,(H,45,53)(H,46,52);1-2H3/b11-8+,14-9+,23-15+,29-18+;/t30?,31?,33-,34?,35?,36+,38?,39?;/m1./s1. The van der Waals surface area contributed by atoms with E-state index in [0.717, 1.165) is 10.6 Å². The van der Waals surface area contributed by atoms with Crippen LogP contribution in [0.2, 0.25) is 0 Å². The normalized spacial score (nSPS) is 27.2. The number of aliphatic hydroxyl groups is 1. The third-order valence-electron chi connectivity index (χ3n) is 10.3. The molecule has 14 heteroatoms. The zero-order valence-corrected chi connectivity index (χ0v) is 38.5. The fourth-order valence-corrected chi connectivity index (χ4v) is 6.96. The van der Waals surface area contributed by atoms with Crippen LogP contribution in [0.4, 0.5) is 0 Å². The highest BCUT2D eigenvalue weighted by Crippen LogP contribution is 2.25. The van der Waals surface area contributed by atoms with Gasteiger partial charge in [0.25, 0.3) is 11.8 Å². The van der Waals surface area contributed by atoms with Gasteiger partial charge in [-0.1, -0.05) is 131 Å². The van der Waals surface area contributed by atoms with Crippen molar-refractivity contribution in [3.8, 4) is 0 Å². The third kappa shape index (κ3) is 17.3. The molecule has 1 aromatic carbocycles. The Kier molecular flexibility index (Phi) is 23.5. The fraction of sp³-hybridized carbons (Fsp3) is 0.578. The molecule has 4 amide bonds. The fourth-order valence-electron chi connectivity index (χ4n) is 6.60. The second kappa shape index (κ2) is 27.1. The number of hydroxylamine groups is 2. The van der Waals surface area contributed by atoms with Crippen LogP contribution >= 0.6 is 22.6 Å². The number of hydrazine groups is 1. The first-order chi connectivity index (χ1) is 28.1. The number of nitrogens with zero attached hydrogens (tertiary/aromatic N) is 2. The number of alkyl halides is 1. The second-order valence-electron chi connectivity index (χ2n) is 15.3. The summed E-state index contributed by atoms with van der Waals surface area (Å²) in [6.45, 7) is 13.7. The van der Waals surface area contributed by atoms with Crippen molar-refractivity contribution in [2.24, 2.45) is 17.8 Å². The molecule has 1 aromatic rings. The van der Waals surface area contributed by atoms with Gasteiger partial charge in [0.05, 0.1) is 19.1 Å². The van der Waals surface area contributed by atoms with Crippen LogP contribution < -0.4 is 16.1 Å². The van der Waals surface area contributed by atoms with Crippen LogP contribution in [-0.4, -0.2) is 99.7 Å². The molecule has 0 saturated carbocycles. The molecule has 2 heterocycles. The van der Waals surface area contributed by atoms with E-state index in [4.69, 9.17) is 9.57 Å². The minimum absolute atomic E-state index is 0.173. The first-order valence-electron chi connectivity index (χ1n) is 20.9. The Balaban J connectivity index is 0.00000590. The Bertz CT molecular complexity index is 1610. The molecule has 4 N–H and O–H groups in total. The molecule has 13 nitrogen and oxygen atoms in total. The maximum Gasteiger partial charge on any atom is 0.325 e. The van der Waals surface area contributed by atoms with Gasteiger partial charge in [0.1, 0.15) is 24.2 Å². The number of carbonyl (C=O) groups is 5. The second-order valence-corrected chi connectivity index (χ2v) is 17.4. The maximum absolute atomic E-state index is 14.3. The number of esters is 1. The number of aliphatic hydroxyl groups excluding tert-OH is 1. The van der Waals surface area contributed by atoms with Gasteiger partial charge in [0.2, 0.25) is 11.8 Å². The van der Waals surface area contributed by atoms with E-state index in [9.17, 15) is 29.1 Å². The quantitative estimate of drug-likeness (QED) is 0.0556. The Morgan fingerprint density at radius 3 is 2.34 bits per heavy atom. The van der Waals surface area contributed by atoms with Gasteiger partial charge in [0.15, 0.2) is 0 Å². The zero-order valence-electron chi connectivity index (χ0n) is 36.4. The lowest BCUT2D eigenvalue weighted by molar-refractivity contribution is -0.162. The highest BCUT2D eigenvalue weighted by Gasteiger charge is 2.37. The summed E-state index contributed by atoms with van der Waals surface area (Å²) in [7, 11) is 2.89. The summed E-state index contributed by atoms with van der Waals surface area (Å²) in [5, 5.41) is 19.9. The average molecular weight is 934 g/mol. The van der Waals surface area contributed by atoms with Gasteiger partial charge in [-0.25, -0.2) is 10.5 Å². The summed E-state index contributed by atoms with van der Waals surface area (Å²) in [5.74, 6) is -3.64. The van der Waals surface area contributed by atoms with Crippen molar-refractivity contribution in [1.82, 2.24) is 26.1 Å². The molecule has 6 unspecified atom stereocenters. The topological polar surface area (TPSA) is 167 Å². The largest absolute Gasteiger partial charge is 0.456 e. The summed E-state index contributed by atoms with van der Waals surface area (Å²) in [5.41, 5.74) is 4.57. The summed E-state index contributed by atoms with van der Waals surface area (Å²) in [6, 6.07) is 6.47. The van der Waals surface area contributed by atoms with Crippen molar-refractivity contribution in [1.29, 1.82) is 0 Å². The van der Waals surface area contributed by atoms with Crippen molar-refractivity contribution < 1.29 is 38.7 Å². The number of nitrogens with one attached hydrogen (secondary N) is 3. The highest BCUT2D eigenvalue weighted by molar-refractivity contribution is 14.1. The van der Waals surface area contributed by atoms with Crippen molar-refractivity contribution in [2.75, 3.05) is 20.7 Å². The van der Waals surface area contributed by atoms with Crippen LogP contribution in [0, 0.1) is 17.8 Å². The number of ether oxygens (including phenoxy) is 1. The van der Waals surface area contributed by atoms with E-state index >= 15 is 0 Å². The van der Waals surface area contributed by atoms with Gasteiger partial charge < -0.3 is 20.5 Å². The van der Waals surface area contributed by atoms with Crippen molar-refractivity contribution in [3.63, 3.8) is 0 Å². The van der Waals surface area contributed by atoms with Gasteiger partial charge in [-0.3, -0.25) is 33.8 Å². The number of benzene rings is 1. The Morgan fingerprint density at radius 2 is 1.71 bits per heavy atom. The van der Waals surface area contributed by atoms with Crippen molar-refractivity contribution in [2.45, 2.75) is 128 Å². The van der Waals surface area contributed by atoms with Crippen molar-refractivity contribution in [3.05, 3.63) is 84.0 Å². The van der Waals surface area contributed by atoms with Crippen molar-refractivity contribution >= 4 is 52.2 Å². The van der Waals surface area contributed by atoms with E-state index < -0.39 is 59.9 Å². The molecule has 2 aliphatic rings. The molecule has 0 aromatic heterocycles. The van der Waals surface area contributed by atoms with E-state index in [1.165, 1.54) is 25.2 Å². The lowest BCUT2D eigenvalue weighted by atomic mass is 9.85. The lowest BCUT2D eigenvalue weighted by Gasteiger charge is -2.36. The van der Waals surface area contributed by atoms with E-state index in [0.29, 0.717) is 50.6 Å². The molecule has 1 fully saturated rings. The molecular weight excluding hydrogens is 865 g/mol. The van der Waals surface area contributed by atoms with E-state index in [2.05, 4.69) is 45.6 Å². The lowest BCUT2D eigenvalue weighted by Crippen LogP contribution is -2.62. The summed E-state index contributed by atoms with van der Waals surface area (Å²) in [6.07, 6.45) is 13.5. The number of amides is 4. The summed E-state index contributed by atoms with van der Waals surface area (Å²) in [4.78, 5) is 73.3. The third-order valence-corrected chi connectivity index (χ3v) is 10.9. The zero-order chi connectivity index (χ0) is 44.1. The number of halogens is 1. The molecule has 1 saturated heterocycles. The number of likely N-dealkylation sites (N-methyl/N-ethyl adjacent to an activating group) is 1. The predicted molar refractivity (Wildman–Crippen MR) is 240 cm³/mol. The van der Waals surface area contributed by atoms with Crippen LogP contribution in [-0.2, 0) is 40.0 Å². The summed E-state index contributed by atoms with van der Waals surface area (Å²) >= 11 is 2.30. The van der Waals surface area contributed by atoms with Gasteiger partial charge in [-0.05, 0) is 62.0 Å². The van der Waals surface area contributed by atoms with Crippen LogP contribution in [0.5, 0.6) is 0 Å². The number of hydrogen-bond donors (Lipinski definition) is 4. The minimum atomic E-state index is -1.03. The Labute approximate surface area is 365 Å². The monoisotopic (exact) mass is 933 g/mol. The minimum Gasteiger partial charge on any atom is -0.456 e. The summed E-state index contributed by atoms with van der Waals surface area (Å²) < 4.78 is 6.33. The van der Waals surface area contributed by atoms with Crippen LogP contribution in [0.15, 0.2) is 78.4 Å². The Morgan fingerprint density at radius 1 is 1.05 bits per heavy atom. The van der Waals surface area contributed by atoms with Crippen LogP contribution in [0.3, 0.4) is 0 Å². The number of hydrogen-bond acceptors (Lipinski definition) is 9. The smallest absolute Gasteiger partial charge is 0.325 e. The molecular formula is C45H68IN5O8. The molecule has 59 heavy (non-hydrogen) atoms. The number of rotatable bonds is 10. The highest BCUT2D eigenvalue weighted by atomic mass is 127. The predicted octanol–water partition coefficient (Wildman–Crippen LogP) is 5.93. The number of fused-ring (bicyclic) bond motifs is 2. The van der Waals surface area contributed by atoms with Crippen LogP contribution in [0.25, 0.3) is 0 Å². The molecule has 8 atom stereocenters. The molecule has 0 aliphatic carbocycles. The van der Waals surface area contributed by atoms with Crippen LogP contribution in [0.1, 0.15) is 92.6 Å². The maximum atomic E-state index is 14.3. The Hall–Kier alpha value is -3.86.